The molecule has 1 aromatic heterocycles. The standard InChI is InChI=1S/C10H17N3O2S/c1-6(5-15-4)12-9(14)8-7(2)13-16-10(8)11-3/h6,11H,5H2,1-4H3,(H,12,14). The summed E-state index contributed by atoms with van der Waals surface area (Å²) in [6, 6.07) is -0.0125. The average molecular weight is 243 g/mol. The third-order valence-corrected chi connectivity index (χ3v) is 3.07. The van der Waals surface area contributed by atoms with E-state index in [0.717, 1.165) is 10.7 Å². The number of hydrogen-bond acceptors (Lipinski definition) is 5. The lowest BCUT2D eigenvalue weighted by Crippen LogP contribution is -2.36. The van der Waals surface area contributed by atoms with Crippen molar-refractivity contribution in [2.75, 3.05) is 26.1 Å². The molecule has 0 radical (unpaired) electrons. The van der Waals surface area contributed by atoms with Crippen LogP contribution in [0.5, 0.6) is 0 Å². The van der Waals surface area contributed by atoms with Crippen LogP contribution >= 0.6 is 11.5 Å². The Kier molecular flexibility index (Phi) is 4.70. The van der Waals surface area contributed by atoms with Crippen molar-refractivity contribution in [1.29, 1.82) is 0 Å². The summed E-state index contributed by atoms with van der Waals surface area (Å²) in [7, 11) is 3.39. The van der Waals surface area contributed by atoms with Crippen LogP contribution in [-0.2, 0) is 4.74 Å². The van der Waals surface area contributed by atoms with Crippen LogP contribution in [0.1, 0.15) is 23.0 Å². The van der Waals surface area contributed by atoms with Crippen molar-refractivity contribution < 1.29 is 9.53 Å². The van der Waals surface area contributed by atoms with E-state index in [4.69, 9.17) is 4.74 Å². The number of anilines is 1. The molecule has 1 aromatic rings. The summed E-state index contributed by atoms with van der Waals surface area (Å²) in [5.74, 6) is -0.111. The van der Waals surface area contributed by atoms with E-state index in [1.807, 2.05) is 13.8 Å². The molecule has 0 fully saturated rings. The van der Waals surface area contributed by atoms with Gasteiger partial charge in [0, 0.05) is 20.2 Å². The minimum atomic E-state index is -0.111. The largest absolute Gasteiger partial charge is 0.383 e. The van der Waals surface area contributed by atoms with E-state index in [9.17, 15) is 4.79 Å². The van der Waals surface area contributed by atoms with E-state index in [0.29, 0.717) is 12.2 Å². The van der Waals surface area contributed by atoms with Crippen LogP contribution in [0.25, 0.3) is 0 Å². The van der Waals surface area contributed by atoms with Gasteiger partial charge >= 0.3 is 0 Å². The summed E-state index contributed by atoms with van der Waals surface area (Å²) in [5, 5.41) is 6.62. The molecule has 0 aromatic carbocycles. The smallest absolute Gasteiger partial charge is 0.256 e. The Balaban J connectivity index is 2.75. The Labute approximate surface area is 99.4 Å². The molecule has 5 nitrogen and oxygen atoms in total. The first kappa shape index (κ1) is 12.9. The molecule has 1 unspecified atom stereocenters. The molecule has 1 rings (SSSR count). The number of nitrogens with zero attached hydrogens (tertiary/aromatic N) is 1. The van der Waals surface area contributed by atoms with Gasteiger partial charge in [0.1, 0.15) is 5.00 Å². The van der Waals surface area contributed by atoms with E-state index < -0.39 is 0 Å². The molecule has 0 saturated carbocycles. The molecule has 0 saturated heterocycles. The highest BCUT2D eigenvalue weighted by atomic mass is 32.1. The maximum Gasteiger partial charge on any atom is 0.256 e. The number of amides is 1. The lowest BCUT2D eigenvalue weighted by Gasteiger charge is -2.13. The van der Waals surface area contributed by atoms with Crippen molar-refractivity contribution in [3.63, 3.8) is 0 Å². The summed E-state index contributed by atoms with van der Waals surface area (Å²) in [6.07, 6.45) is 0. The highest BCUT2D eigenvalue weighted by Crippen LogP contribution is 2.23. The number of hydrogen-bond donors (Lipinski definition) is 2. The Morgan fingerprint density at radius 2 is 2.31 bits per heavy atom. The van der Waals surface area contributed by atoms with Crippen LogP contribution in [0.4, 0.5) is 5.00 Å². The average Bonchev–Trinajstić information content (AvgIpc) is 2.59. The molecule has 0 aliphatic carbocycles. The Hall–Kier alpha value is -1.14. The first-order chi connectivity index (χ1) is 7.60. The summed E-state index contributed by atoms with van der Waals surface area (Å²) in [4.78, 5) is 12.0. The number of methoxy groups -OCH3 is 1. The van der Waals surface area contributed by atoms with Crippen LogP contribution < -0.4 is 10.6 Å². The molecule has 0 aliphatic heterocycles. The van der Waals surface area contributed by atoms with Crippen molar-refractivity contribution in [1.82, 2.24) is 9.69 Å². The molecular weight excluding hydrogens is 226 g/mol. The van der Waals surface area contributed by atoms with Crippen LogP contribution in [0.3, 0.4) is 0 Å². The Bertz CT molecular complexity index is 365. The number of aryl methyl sites for hydroxylation is 1. The third kappa shape index (κ3) is 2.93. The van der Waals surface area contributed by atoms with Gasteiger partial charge in [-0.15, -0.1) is 0 Å². The zero-order chi connectivity index (χ0) is 12.1. The predicted molar refractivity (Wildman–Crippen MR) is 65.2 cm³/mol. The molecule has 1 heterocycles. The Morgan fingerprint density at radius 3 is 2.88 bits per heavy atom. The second-order valence-electron chi connectivity index (χ2n) is 3.55. The van der Waals surface area contributed by atoms with Crippen LogP contribution in [0.15, 0.2) is 0 Å². The molecule has 2 N–H and O–H groups in total. The van der Waals surface area contributed by atoms with Gasteiger partial charge in [-0.05, 0) is 25.4 Å². The van der Waals surface area contributed by atoms with Crippen LogP contribution in [0.2, 0.25) is 0 Å². The number of carbonyl (C=O) groups is 1. The van der Waals surface area contributed by atoms with Gasteiger partial charge in [0.05, 0.1) is 17.9 Å². The highest BCUT2D eigenvalue weighted by molar-refractivity contribution is 7.10. The third-order valence-electron chi connectivity index (χ3n) is 2.11. The van der Waals surface area contributed by atoms with Gasteiger partial charge in [-0.2, -0.15) is 4.37 Å². The van der Waals surface area contributed by atoms with Crippen LogP contribution in [-0.4, -0.2) is 37.1 Å². The van der Waals surface area contributed by atoms with Crippen molar-refractivity contribution in [2.24, 2.45) is 0 Å². The summed E-state index contributed by atoms with van der Waals surface area (Å²) >= 11 is 1.29. The molecule has 90 valence electrons. The van der Waals surface area contributed by atoms with Crippen molar-refractivity contribution in [2.45, 2.75) is 19.9 Å². The molecule has 1 amide bonds. The molecular formula is C10H17N3O2S. The summed E-state index contributed by atoms with van der Waals surface area (Å²) < 4.78 is 9.11. The maximum absolute atomic E-state index is 12.0. The molecule has 0 spiro atoms. The number of carbonyl (C=O) groups excluding carboxylic acids is 1. The van der Waals surface area contributed by atoms with Gasteiger partial charge in [0.15, 0.2) is 0 Å². The summed E-state index contributed by atoms with van der Waals surface area (Å²) in [6.45, 7) is 4.22. The fourth-order valence-electron chi connectivity index (χ4n) is 1.40. The lowest BCUT2D eigenvalue weighted by molar-refractivity contribution is 0.0906. The quantitative estimate of drug-likeness (QED) is 0.817. The maximum atomic E-state index is 12.0. The fourth-order valence-corrected chi connectivity index (χ4v) is 2.14. The van der Waals surface area contributed by atoms with Crippen molar-refractivity contribution in [3.05, 3.63) is 11.3 Å². The monoisotopic (exact) mass is 243 g/mol. The number of nitrogens with one attached hydrogen (secondary N) is 2. The van der Waals surface area contributed by atoms with E-state index in [2.05, 4.69) is 15.0 Å². The first-order valence-electron chi connectivity index (χ1n) is 5.04. The van der Waals surface area contributed by atoms with E-state index >= 15 is 0 Å². The molecule has 1 atom stereocenters. The van der Waals surface area contributed by atoms with Gasteiger partial charge in [-0.25, -0.2) is 0 Å². The summed E-state index contributed by atoms with van der Waals surface area (Å²) in [5.41, 5.74) is 1.37. The zero-order valence-electron chi connectivity index (χ0n) is 9.96. The lowest BCUT2D eigenvalue weighted by atomic mass is 10.2. The van der Waals surface area contributed by atoms with E-state index in [-0.39, 0.29) is 11.9 Å². The molecule has 0 bridgehead atoms. The SMILES string of the molecule is CNc1snc(C)c1C(=O)NC(C)COC. The van der Waals surface area contributed by atoms with E-state index in [1.165, 1.54) is 11.5 Å². The van der Waals surface area contributed by atoms with Gasteiger partial charge in [0.25, 0.3) is 5.91 Å². The molecule has 16 heavy (non-hydrogen) atoms. The number of ether oxygens (including phenoxy) is 1. The van der Waals surface area contributed by atoms with E-state index in [1.54, 1.807) is 14.2 Å². The second-order valence-corrected chi connectivity index (χ2v) is 4.33. The van der Waals surface area contributed by atoms with Crippen LogP contribution in [0, 0.1) is 6.92 Å². The van der Waals surface area contributed by atoms with Gasteiger partial charge in [0.2, 0.25) is 0 Å². The minimum absolute atomic E-state index is 0.0125. The second kappa shape index (κ2) is 5.81. The van der Waals surface area contributed by atoms with Gasteiger partial charge in [-0.3, -0.25) is 4.79 Å². The molecule has 0 aliphatic rings. The van der Waals surface area contributed by atoms with Crippen molar-refractivity contribution >= 4 is 22.4 Å². The minimum Gasteiger partial charge on any atom is -0.383 e. The van der Waals surface area contributed by atoms with Gasteiger partial charge < -0.3 is 15.4 Å². The Morgan fingerprint density at radius 1 is 1.62 bits per heavy atom. The first-order valence-corrected chi connectivity index (χ1v) is 5.81. The normalized spacial score (nSPS) is 12.2. The predicted octanol–water partition coefficient (Wildman–Crippen LogP) is 1.26. The number of aromatic nitrogens is 1. The van der Waals surface area contributed by atoms with Crippen molar-refractivity contribution in [3.8, 4) is 0 Å². The topological polar surface area (TPSA) is 63.2 Å². The molecule has 6 heteroatoms. The fraction of sp³-hybridized carbons (Fsp3) is 0.600. The van der Waals surface area contributed by atoms with Gasteiger partial charge in [-0.1, -0.05) is 0 Å². The zero-order valence-corrected chi connectivity index (χ0v) is 10.8. The highest BCUT2D eigenvalue weighted by Gasteiger charge is 2.18. The number of rotatable bonds is 5.